The second-order valence-corrected chi connectivity index (χ2v) is 7.76. The van der Waals surface area contributed by atoms with E-state index >= 15 is 0 Å². The molecule has 0 aliphatic rings. The highest BCUT2D eigenvalue weighted by molar-refractivity contribution is 9.10. The number of amides is 1. The number of rotatable bonds is 10. The molecule has 28 heavy (non-hydrogen) atoms. The van der Waals surface area contributed by atoms with Crippen molar-refractivity contribution in [1.82, 2.24) is 10.6 Å². The number of carbonyl (C=O) groups is 1. The lowest BCUT2D eigenvalue weighted by molar-refractivity contribution is 0.0976. The molecule has 0 unspecified atom stereocenters. The Balaban J connectivity index is 1.76. The van der Waals surface area contributed by atoms with E-state index in [0.29, 0.717) is 23.8 Å². The second-order valence-electron chi connectivity index (χ2n) is 6.50. The van der Waals surface area contributed by atoms with Gasteiger partial charge in [-0.25, -0.2) is 0 Å². The molecule has 4 nitrogen and oxygen atoms in total. The van der Waals surface area contributed by atoms with Gasteiger partial charge >= 0.3 is 0 Å². The Hall–Kier alpha value is -1.92. The summed E-state index contributed by atoms with van der Waals surface area (Å²) in [6.45, 7) is 3.53. The van der Waals surface area contributed by atoms with E-state index in [1.54, 1.807) is 12.1 Å². The van der Waals surface area contributed by atoms with Crippen LogP contribution in [0.15, 0.2) is 53.0 Å². The Bertz CT molecular complexity index is 768. The van der Waals surface area contributed by atoms with Gasteiger partial charge < -0.3 is 10.1 Å². The van der Waals surface area contributed by atoms with E-state index in [1.807, 2.05) is 24.3 Å². The molecule has 0 aliphatic heterocycles. The van der Waals surface area contributed by atoms with Gasteiger partial charge in [0, 0.05) is 12.1 Å². The standard InChI is InChI=1S/C22H27BrN2O2S/c1-2-3-4-8-15-27-20-12-11-18(16-19(20)23)21(26)25-22(28)24-14-13-17-9-6-5-7-10-17/h5-7,9-12,16H,2-4,8,13-15H2,1H3,(H2,24,25,26,28). The Kier molecular flexibility index (Phi) is 10.0. The van der Waals surface area contributed by atoms with Crippen molar-refractivity contribution in [3.8, 4) is 5.75 Å². The molecule has 2 rings (SSSR count). The average molecular weight is 463 g/mol. The molecule has 6 heteroatoms. The van der Waals surface area contributed by atoms with Gasteiger partial charge in [0.25, 0.3) is 5.91 Å². The average Bonchev–Trinajstić information content (AvgIpc) is 2.69. The van der Waals surface area contributed by atoms with E-state index in [-0.39, 0.29) is 5.91 Å². The summed E-state index contributed by atoms with van der Waals surface area (Å²) in [7, 11) is 0. The predicted molar refractivity (Wildman–Crippen MR) is 122 cm³/mol. The van der Waals surface area contributed by atoms with E-state index in [0.717, 1.165) is 23.1 Å². The molecule has 0 atom stereocenters. The van der Waals surface area contributed by atoms with Crippen LogP contribution in [-0.2, 0) is 6.42 Å². The fourth-order valence-electron chi connectivity index (χ4n) is 2.65. The molecule has 0 fully saturated rings. The minimum absolute atomic E-state index is 0.243. The highest BCUT2D eigenvalue weighted by Gasteiger charge is 2.11. The summed E-state index contributed by atoms with van der Waals surface area (Å²) >= 11 is 8.70. The van der Waals surface area contributed by atoms with Crippen molar-refractivity contribution in [1.29, 1.82) is 0 Å². The van der Waals surface area contributed by atoms with Crippen molar-refractivity contribution in [3.63, 3.8) is 0 Å². The molecule has 2 aromatic carbocycles. The largest absolute Gasteiger partial charge is 0.492 e. The molecule has 1 amide bonds. The molecular formula is C22H27BrN2O2S. The van der Waals surface area contributed by atoms with Gasteiger partial charge in [-0.3, -0.25) is 10.1 Å². The summed E-state index contributed by atoms with van der Waals surface area (Å²) < 4.78 is 6.54. The summed E-state index contributed by atoms with van der Waals surface area (Å²) in [4.78, 5) is 12.4. The molecule has 0 aliphatic carbocycles. The Morgan fingerprint density at radius 1 is 1.11 bits per heavy atom. The lowest BCUT2D eigenvalue weighted by Gasteiger charge is -2.11. The van der Waals surface area contributed by atoms with Crippen LogP contribution in [0.25, 0.3) is 0 Å². The molecule has 2 aromatic rings. The molecule has 0 spiro atoms. The number of carbonyl (C=O) groups excluding carboxylic acids is 1. The summed E-state index contributed by atoms with van der Waals surface area (Å²) in [6, 6.07) is 15.4. The second kappa shape index (κ2) is 12.5. The number of benzene rings is 2. The van der Waals surface area contributed by atoms with Crippen LogP contribution in [0.4, 0.5) is 0 Å². The van der Waals surface area contributed by atoms with E-state index < -0.39 is 0 Å². The molecule has 2 N–H and O–H groups in total. The van der Waals surface area contributed by atoms with Crippen molar-refractivity contribution >= 4 is 39.2 Å². The van der Waals surface area contributed by atoms with Gasteiger partial charge in [0.2, 0.25) is 0 Å². The van der Waals surface area contributed by atoms with Crippen LogP contribution < -0.4 is 15.4 Å². The lowest BCUT2D eigenvalue weighted by Crippen LogP contribution is -2.40. The zero-order valence-electron chi connectivity index (χ0n) is 16.2. The van der Waals surface area contributed by atoms with Crippen LogP contribution in [0, 0.1) is 0 Å². The summed E-state index contributed by atoms with van der Waals surface area (Å²) in [6.07, 6.45) is 5.47. The zero-order chi connectivity index (χ0) is 20.2. The number of hydrogen-bond acceptors (Lipinski definition) is 3. The minimum Gasteiger partial charge on any atom is -0.492 e. The number of halogens is 1. The number of nitrogens with one attached hydrogen (secondary N) is 2. The topological polar surface area (TPSA) is 50.4 Å². The summed E-state index contributed by atoms with van der Waals surface area (Å²) in [5.41, 5.74) is 1.75. The molecule has 150 valence electrons. The number of unbranched alkanes of at least 4 members (excludes halogenated alkanes) is 3. The molecule has 0 saturated heterocycles. The normalized spacial score (nSPS) is 10.4. The highest BCUT2D eigenvalue weighted by atomic mass is 79.9. The maximum atomic E-state index is 12.4. The minimum atomic E-state index is -0.243. The molecule has 0 radical (unpaired) electrons. The third-order valence-electron chi connectivity index (χ3n) is 4.22. The lowest BCUT2D eigenvalue weighted by atomic mass is 10.1. The van der Waals surface area contributed by atoms with E-state index in [9.17, 15) is 4.79 Å². The van der Waals surface area contributed by atoms with Gasteiger partial charge in [-0.15, -0.1) is 0 Å². The number of hydrogen-bond donors (Lipinski definition) is 2. The van der Waals surface area contributed by atoms with Crippen molar-refractivity contribution in [2.45, 2.75) is 39.0 Å². The van der Waals surface area contributed by atoms with Gasteiger partial charge in [-0.2, -0.15) is 0 Å². The third-order valence-corrected chi connectivity index (χ3v) is 5.08. The molecule has 0 bridgehead atoms. The number of ether oxygens (including phenoxy) is 1. The fraction of sp³-hybridized carbons (Fsp3) is 0.364. The smallest absolute Gasteiger partial charge is 0.257 e. The van der Waals surface area contributed by atoms with Crippen LogP contribution in [0.5, 0.6) is 5.75 Å². The fourth-order valence-corrected chi connectivity index (χ4v) is 3.34. The van der Waals surface area contributed by atoms with Crippen molar-refractivity contribution < 1.29 is 9.53 Å². The molecule has 0 aromatic heterocycles. The van der Waals surface area contributed by atoms with Gasteiger partial charge in [0.1, 0.15) is 5.75 Å². The van der Waals surface area contributed by atoms with Crippen molar-refractivity contribution in [2.24, 2.45) is 0 Å². The van der Waals surface area contributed by atoms with Crippen LogP contribution in [0.2, 0.25) is 0 Å². The Morgan fingerprint density at radius 2 is 1.89 bits per heavy atom. The first kappa shape index (κ1) is 22.4. The first-order valence-corrected chi connectivity index (χ1v) is 10.9. The molecular weight excluding hydrogens is 436 g/mol. The number of thiocarbonyl (C=S) groups is 1. The van der Waals surface area contributed by atoms with Crippen LogP contribution in [0.1, 0.15) is 48.5 Å². The molecule has 0 saturated carbocycles. The first-order chi connectivity index (χ1) is 13.6. The van der Waals surface area contributed by atoms with E-state index in [2.05, 4.69) is 45.6 Å². The molecule has 0 heterocycles. The summed E-state index contributed by atoms with van der Waals surface area (Å²) in [5, 5.41) is 6.11. The maximum Gasteiger partial charge on any atom is 0.257 e. The highest BCUT2D eigenvalue weighted by Crippen LogP contribution is 2.26. The summed E-state index contributed by atoms with van der Waals surface area (Å²) in [5.74, 6) is 0.504. The van der Waals surface area contributed by atoms with E-state index in [1.165, 1.54) is 24.8 Å². The van der Waals surface area contributed by atoms with Crippen LogP contribution >= 0.6 is 28.1 Å². The predicted octanol–water partition coefficient (Wildman–Crippen LogP) is 5.26. The zero-order valence-corrected chi connectivity index (χ0v) is 18.6. The van der Waals surface area contributed by atoms with Gasteiger partial charge in [-0.05, 0) is 64.8 Å². The monoisotopic (exact) mass is 462 g/mol. The Labute approximate surface area is 181 Å². The van der Waals surface area contributed by atoms with Crippen LogP contribution in [-0.4, -0.2) is 24.2 Å². The van der Waals surface area contributed by atoms with Crippen LogP contribution in [0.3, 0.4) is 0 Å². The van der Waals surface area contributed by atoms with Gasteiger partial charge in [0.15, 0.2) is 5.11 Å². The van der Waals surface area contributed by atoms with Crippen molar-refractivity contribution in [3.05, 3.63) is 64.1 Å². The maximum absolute atomic E-state index is 12.4. The SMILES string of the molecule is CCCCCCOc1ccc(C(=O)NC(=S)NCCc2ccccc2)cc1Br. The third kappa shape index (κ3) is 7.98. The first-order valence-electron chi connectivity index (χ1n) is 9.65. The Morgan fingerprint density at radius 3 is 2.61 bits per heavy atom. The van der Waals surface area contributed by atoms with E-state index in [4.69, 9.17) is 17.0 Å². The van der Waals surface area contributed by atoms with Gasteiger partial charge in [0.05, 0.1) is 11.1 Å². The quantitative estimate of drug-likeness (QED) is 0.373. The van der Waals surface area contributed by atoms with Gasteiger partial charge in [-0.1, -0.05) is 56.5 Å². The van der Waals surface area contributed by atoms with Crippen molar-refractivity contribution in [2.75, 3.05) is 13.2 Å².